The molecule has 1 saturated carbocycles. The van der Waals surface area contributed by atoms with Gasteiger partial charge in [0.1, 0.15) is 0 Å². The second-order valence-corrected chi connectivity index (χ2v) is 9.33. The lowest BCUT2D eigenvalue weighted by Gasteiger charge is -2.48. The van der Waals surface area contributed by atoms with Gasteiger partial charge in [-0.05, 0) is 92.5 Å². The van der Waals surface area contributed by atoms with Crippen molar-refractivity contribution >= 4 is 0 Å². The minimum atomic E-state index is 0.325. The summed E-state index contributed by atoms with van der Waals surface area (Å²) >= 11 is 0. The zero-order valence-electron chi connectivity index (χ0n) is 17.2. The third-order valence-corrected chi connectivity index (χ3v) is 6.13. The lowest BCUT2D eigenvalue weighted by atomic mass is 9.84. The van der Waals surface area contributed by atoms with Gasteiger partial charge < -0.3 is 4.74 Å². The highest BCUT2D eigenvalue weighted by atomic mass is 16.5. The van der Waals surface area contributed by atoms with Crippen LogP contribution in [0.15, 0.2) is 0 Å². The summed E-state index contributed by atoms with van der Waals surface area (Å²) in [5.41, 5.74) is 0.325. The minimum Gasteiger partial charge on any atom is -0.376 e. The number of hydrogen-bond acceptors (Lipinski definition) is 3. The summed E-state index contributed by atoms with van der Waals surface area (Å²) in [6.45, 7) is 18.8. The highest BCUT2D eigenvalue weighted by molar-refractivity contribution is 4.91. The molecule has 142 valence electrons. The average molecular weight is 339 g/mol. The third-order valence-electron chi connectivity index (χ3n) is 6.13. The van der Waals surface area contributed by atoms with Gasteiger partial charge in [0.25, 0.3) is 0 Å². The van der Waals surface area contributed by atoms with E-state index in [1.54, 1.807) is 0 Å². The first-order valence-corrected chi connectivity index (χ1v) is 10.4. The first kappa shape index (κ1) is 20.2. The molecular weight excluding hydrogens is 296 g/mol. The van der Waals surface area contributed by atoms with Crippen molar-refractivity contribution in [2.75, 3.05) is 26.2 Å². The lowest BCUT2D eigenvalue weighted by molar-refractivity contribution is -0.0215. The highest BCUT2D eigenvalue weighted by Crippen LogP contribution is 2.31. The van der Waals surface area contributed by atoms with Crippen LogP contribution in [0.2, 0.25) is 0 Å². The first-order valence-electron chi connectivity index (χ1n) is 10.4. The van der Waals surface area contributed by atoms with E-state index in [9.17, 15) is 0 Å². The molecule has 0 N–H and O–H groups in total. The fourth-order valence-electron chi connectivity index (χ4n) is 4.60. The van der Waals surface area contributed by atoms with Crippen LogP contribution in [0, 0.1) is 5.92 Å². The maximum atomic E-state index is 5.98. The van der Waals surface area contributed by atoms with Crippen LogP contribution in [-0.2, 0) is 4.74 Å². The number of piperazine rings is 1. The maximum absolute atomic E-state index is 5.98. The van der Waals surface area contributed by atoms with E-state index < -0.39 is 0 Å². The van der Waals surface area contributed by atoms with Gasteiger partial charge >= 0.3 is 0 Å². The van der Waals surface area contributed by atoms with E-state index in [1.807, 2.05) is 0 Å². The van der Waals surface area contributed by atoms with Crippen LogP contribution in [-0.4, -0.2) is 59.8 Å². The largest absolute Gasteiger partial charge is 0.376 e. The van der Waals surface area contributed by atoms with E-state index in [-0.39, 0.29) is 0 Å². The van der Waals surface area contributed by atoms with Crippen LogP contribution in [0.25, 0.3) is 0 Å². The summed E-state index contributed by atoms with van der Waals surface area (Å²) in [5.74, 6) is 0.942. The zero-order valence-corrected chi connectivity index (χ0v) is 17.2. The van der Waals surface area contributed by atoms with Crippen molar-refractivity contribution in [1.82, 2.24) is 9.80 Å². The van der Waals surface area contributed by atoms with Crippen molar-refractivity contribution in [3.8, 4) is 0 Å². The molecule has 2 aliphatic rings. The SMILES string of the molecule is CC(C)OC1CCC(CCCN2CCN(C(C)C)CC2(C)C)CC1. The van der Waals surface area contributed by atoms with Crippen LogP contribution >= 0.6 is 0 Å². The Hall–Kier alpha value is -0.120. The molecule has 0 aromatic heterocycles. The Bertz CT molecular complexity index is 359. The minimum absolute atomic E-state index is 0.325. The molecule has 2 rings (SSSR count). The normalized spacial score (nSPS) is 29.5. The van der Waals surface area contributed by atoms with Crippen LogP contribution < -0.4 is 0 Å². The van der Waals surface area contributed by atoms with Crippen molar-refractivity contribution in [3.63, 3.8) is 0 Å². The standard InChI is InChI=1S/C21H42N2O/c1-17(2)22-14-15-23(21(5,6)16-22)13-7-8-19-9-11-20(12-10-19)24-18(3)4/h17-20H,7-16H2,1-6H3. The molecule has 0 unspecified atom stereocenters. The Labute approximate surface area is 151 Å². The third kappa shape index (κ3) is 6.00. The number of rotatable bonds is 7. The predicted molar refractivity (Wildman–Crippen MR) is 104 cm³/mol. The van der Waals surface area contributed by atoms with E-state index in [0.717, 1.165) is 5.92 Å². The average Bonchev–Trinajstić information content (AvgIpc) is 2.49. The maximum Gasteiger partial charge on any atom is 0.0578 e. The molecule has 0 bridgehead atoms. The van der Waals surface area contributed by atoms with Crippen molar-refractivity contribution in [3.05, 3.63) is 0 Å². The summed E-state index contributed by atoms with van der Waals surface area (Å²) < 4.78 is 5.98. The van der Waals surface area contributed by atoms with Crippen molar-refractivity contribution < 1.29 is 4.74 Å². The molecule has 0 amide bonds. The molecule has 1 heterocycles. The van der Waals surface area contributed by atoms with Crippen LogP contribution in [0.4, 0.5) is 0 Å². The van der Waals surface area contributed by atoms with Crippen molar-refractivity contribution in [1.29, 1.82) is 0 Å². The fraction of sp³-hybridized carbons (Fsp3) is 1.00. The Balaban J connectivity index is 1.66. The summed E-state index contributed by atoms with van der Waals surface area (Å²) in [7, 11) is 0. The number of nitrogens with zero attached hydrogens (tertiary/aromatic N) is 2. The molecule has 0 radical (unpaired) electrons. The smallest absolute Gasteiger partial charge is 0.0578 e. The summed E-state index contributed by atoms with van der Waals surface area (Å²) in [6, 6.07) is 0.676. The molecule has 24 heavy (non-hydrogen) atoms. The van der Waals surface area contributed by atoms with Crippen LogP contribution in [0.3, 0.4) is 0 Å². The molecule has 1 aliphatic heterocycles. The molecule has 0 aromatic rings. The van der Waals surface area contributed by atoms with E-state index in [0.29, 0.717) is 23.8 Å². The Kier molecular flexibility index (Phi) is 7.58. The van der Waals surface area contributed by atoms with Gasteiger partial charge in [-0.2, -0.15) is 0 Å². The molecule has 3 nitrogen and oxygen atoms in total. The molecular formula is C21H42N2O. The summed E-state index contributed by atoms with van der Waals surface area (Å²) in [4.78, 5) is 5.37. The summed E-state index contributed by atoms with van der Waals surface area (Å²) in [5, 5.41) is 0. The van der Waals surface area contributed by atoms with E-state index in [1.165, 1.54) is 64.7 Å². The number of hydrogen-bond donors (Lipinski definition) is 0. The van der Waals surface area contributed by atoms with Crippen LogP contribution in [0.1, 0.15) is 80.1 Å². The van der Waals surface area contributed by atoms with Gasteiger partial charge in [-0.25, -0.2) is 0 Å². The lowest BCUT2D eigenvalue weighted by Crippen LogP contribution is -2.60. The zero-order chi connectivity index (χ0) is 17.7. The Morgan fingerprint density at radius 3 is 2.21 bits per heavy atom. The molecule has 0 atom stereocenters. The monoisotopic (exact) mass is 338 g/mol. The molecule has 1 aliphatic carbocycles. The van der Waals surface area contributed by atoms with E-state index >= 15 is 0 Å². The van der Waals surface area contributed by atoms with E-state index in [2.05, 4.69) is 51.3 Å². The second-order valence-electron chi connectivity index (χ2n) is 9.33. The molecule has 1 saturated heterocycles. The van der Waals surface area contributed by atoms with Gasteiger partial charge in [0.2, 0.25) is 0 Å². The Morgan fingerprint density at radius 2 is 1.67 bits per heavy atom. The van der Waals surface area contributed by atoms with E-state index in [4.69, 9.17) is 4.74 Å². The summed E-state index contributed by atoms with van der Waals surface area (Å²) in [6.07, 6.45) is 9.01. The quantitative estimate of drug-likeness (QED) is 0.677. The Morgan fingerprint density at radius 1 is 1.00 bits per heavy atom. The van der Waals surface area contributed by atoms with Gasteiger partial charge in [0.15, 0.2) is 0 Å². The van der Waals surface area contributed by atoms with Gasteiger partial charge in [-0.15, -0.1) is 0 Å². The second kappa shape index (κ2) is 9.00. The van der Waals surface area contributed by atoms with Gasteiger partial charge in [-0.1, -0.05) is 0 Å². The van der Waals surface area contributed by atoms with Gasteiger partial charge in [0.05, 0.1) is 12.2 Å². The van der Waals surface area contributed by atoms with Crippen molar-refractivity contribution in [2.45, 2.75) is 104 Å². The highest BCUT2D eigenvalue weighted by Gasteiger charge is 2.34. The fourth-order valence-corrected chi connectivity index (χ4v) is 4.60. The van der Waals surface area contributed by atoms with Crippen molar-refractivity contribution in [2.24, 2.45) is 5.92 Å². The first-order chi connectivity index (χ1) is 11.3. The predicted octanol–water partition coefficient (Wildman–Crippen LogP) is 4.56. The molecule has 0 aromatic carbocycles. The van der Waals surface area contributed by atoms with Gasteiger partial charge in [-0.3, -0.25) is 9.80 Å². The molecule has 2 fully saturated rings. The molecule has 3 heteroatoms. The van der Waals surface area contributed by atoms with Crippen LogP contribution in [0.5, 0.6) is 0 Å². The van der Waals surface area contributed by atoms with Gasteiger partial charge in [0, 0.05) is 31.2 Å². The number of ether oxygens (including phenoxy) is 1. The molecule has 0 spiro atoms. The topological polar surface area (TPSA) is 15.7 Å².